The van der Waals surface area contributed by atoms with Gasteiger partial charge in [0.15, 0.2) is 0 Å². The molecule has 0 fully saturated rings. The summed E-state index contributed by atoms with van der Waals surface area (Å²) in [6, 6.07) is 7.85. The summed E-state index contributed by atoms with van der Waals surface area (Å²) in [7, 11) is 0. The summed E-state index contributed by atoms with van der Waals surface area (Å²) < 4.78 is 0. The van der Waals surface area contributed by atoms with Crippen molar-refractivity contribution in [3.63, 3.8) is 0 Å². The molecule has 0 saturated heterocycles. The molecule has 0 spiro atoms. The van der Waals surface area contributed by atoms with Gasteiger partial charge in [-0.05, 0) is 25.1 Å². The third kappa shape index (κ3) is 3.75. The van der Waals surface area contributed by atoms with E-state index in [4.69, 9.17) is 17.3 Å². The summed E-state index contributed by atoms with van der Waals surface area (Å²) in [5.41, 5.74) is 9.22. The first kappa shape index (κ1) is 10.5. The van der Waals surface area contributed by atoms with E-state index in [9.17, 15) is 0 Å². The van der Waals surface area contributed by atoms with Crippen LogP contribution in [0.1, 0.15) is 6.92 Å². The van der Waals surface area contributed by atoms with E-state index in [-0.39, 0.29) is 0 Å². The fourth-order valence-electron chi connectivity index (χ4n) is 0.833. The van der Waals surface area contributed by atoms with Gasteiger partial charge in [0.1, 0.15) is 0 Å². The van der Waals surface area contributed by atoms with Gasteiger partial charge >= 0.3 is 0 Å². The van der Waals surface area contributed by atoms with E-state index in [1.165, 1.54) is 4.90 Å². The minimum atomic E-state index is 0.803. The van der Waals surface area contributed by atoms with Crippen LogP contribution in [0.25, 0.3) is 0 Å². The quantitative estimate of drug-likeness (QED) is 0.615. The van der Waals surface area contributed by atoms with Gasteiger partial charge in [-0.2, -0.15) is 0 Å². The summed E-state index contributed by atoms with van der Waals surface area (Å²) in [6.45, 7) is 2.01. The summed E-state index contributed by atoms with van der Waals surface area (Å²) in [5.74, 6) is 0.910. The summed E-state index contributed by atoms with van der Waals surface area (Å²) in [4.78, 5) is 1.18. The molecule has 2 N–H and O–H groups in total. The van der Waals surface area contributed by atoms with E-state index in [0.717, 1.165) is 17.0 Å². The van der Waals surface area contributed by atoms with Crippen LogP contribution in [0.15, 0.2) is 40.3 Å². The number of nitrogen functional groups attached to an aromatic ring is 1. The minimum Gasteiger partial charge on any atom is -0.399 e. The minimum absolute atomic E-state index is 0.803. The number of rotatable bonds is 3. The van der Waals surface area contributed by atoms with Crippen LogP contribution in [0.3, 0.4) is 0 Å². The molecular formula is C10H12ClNS. The first-order valence-corrected chi connectivity index (χ1v) is 5.39. The van der Waals surface area contributed by atoms with Gasteiger partial charge in [0.05, 0.1) is 0 Å². The summed E-state index contributed by atoms with van der Waals surface area (Å²) in [5, 5.41) is 0. The highest BCUT2D eigenvalue weighted by atomic mass is 35.5. The molecule has 0 radical (unpaired) electrons. The van der Waals surface area contributed by atoms with Gasteiger partial charge in [-0.1, -0.05) is 23.2 Å². The van der Waals surface area contributed by atoms with Gasteiger partial charge < -0.3 is 5.73 Å². The van der Waals surface area contributed by atoms with Crippen LogP contribution in [-0.2, 0) is 0 Å². The second-order valence-corrected chi connectivity index (χ2v) is 4.08. The fourth-order valence-corrected chi connectivity index (χ4v) is 1.87. The second-order valence-electron chi connectivity index (χ2n) is 2.82. The van der Waals surface area contributed by atoms with Crippen molar-refractivity contribution < 1.29 is 0 Å². The van der Waals surface area contributed by atoms with E-state index in [1.807, 2.05) is 31.2 Å². The molecule has 1 aromatic rings. The third-order valence-corrected chi connectivity index (χ3v) is 3.07. The topological polar surface area (TPSA) is 26.0 Å². The monoisotopic (exact) mass is 213 g/mol. The molecule has 3 heteroatoms. The molecule has 1 aromatic carbocycles. The van der Waals surface area contributed by atoms with Crippen LogP contribution in [0.4, 0.5) is 5.69 Å². The number of anilines is 1. The highest BCUT2D eigenvalue weighted by Gasteiger charge is 1.94. The molecule has 0 aromatic heterocycles. The molecule has 0 bridgehead atoms. The lowest BCUT2D eigenvalue weighted by molar-refractivity contribution is 1.40. The molecule has 0 heterocycles. The lowest BCUT2D eigenvalue weighted by atomic mass is 10.3. The molecule has 0 aliphatic heterocycles. The van der Waals surface area contributed by atoms with Crippen molar-refractivity contribution in [2.45, 2.75) is 11.8 Å². The third-order valence-electron chi connectivity index (χ3n) is 1.51. The van der Waals surface area contributed by atoms with Crippen LogP contribution in [-0.4, -0.2) is 5.75 Å². The van der Waals surface area contributed by atoms with E-state index in [1.54, 1.807) is 17.3 Å². The molecule has 0 amide bonds. The Morgan fingerprint density at radius 2 is 2.38 bits per heavy atom. The number of nitrogens with two attached hydrogens (primary N) is 1. The van der Waals surface area contributed by atoms with Crippen molar-refractivity contribution in [1.82, 2.24) is 0 Å². The van der Waals surface area contributed by atoms with Crippen molar-refractivity contribution in [1.29, 1.82) is 0 Å². The SMILES string of the molecule is C/C(=C/Cl)CSc1cccc(N)c1. The lowest BCUT2D eigenvalue weighted by Crippen LogP contribution is -1.85. The van der Waals surface area contributed by atoms with Gasteiger partial charge in [0.2, 0.25) is 0 Å². The predicted octanol–water partition coefficient (Wildman–Crippen LogP) is 3.50. The molecule has 13 heavy (non-hydrogen) atoms. The smallest absolute Gasteiger partial charge is 0.0325 e. The maximum atomic E-state index is 5.64. The predicted molar refractivity (Wildman–Crippen MR) is 61.2 cm³/mol. The van der Waals surface area contributed by atoms with Gasteiger partial charge in [-0.15, -0.1) is 11.8 Å². The Hall–Kier alpha value is -0.600. The Morgan fingerprint density at radius 3 is 3.00 bits per heavy atom. The molecule has 70 valence electrons. The van der Waals surface area contributed by atoms with Gasteiger partial charge in [-0.25, -0.2) is 0 Å². The number of thioether (sulfide) groups is 1. The standard InChI is InChI=1S/C10H12ClNS/c1-8(6-11)7-13-10-4-2-3-9(12)5-10/h2-6H,7,12H2,1H3/b8-6-. The molecule has 1 nitrogen and oxygen atoms in total. The molecule has 0 unspecified atom stereocenters. The molecular weight excluding hydrogens is 202 g/mol. The highest BCUT2D eigenvalue weighted by molar-refractivity contribution is 7.99. The van der Waals surface area contributed by atoms with E-state index in [2.05, 4.69) is 0 Å². The average molecular weight is 214 g/mol. The van der Waals surface area contributed by atoms with Gasteiger partial charge in [-0.3, -0.25) is 0 Å². The zero-order valence-corrected chi connectivity index (χ0v) is 9.03. The first-order chi connectivity index (χ1) is 6.22. The van der Waals surface area contributed by atoms with Crippen molar-refractivity contribution >= 4 is 29.1 Å². The number of benzene rings is 1. The zero-order valence-electron chi connectivity index (χ0n) is 7.46. The van der Waals surface area contributed by atoms with Crippen LogP contribution >= 0.6 is 23.4 Å². The Bertz CT molecular complexity index is 310. The van der Waals surface area contributed by atoms with Crippen molar-refractivity contribution in [2.75, 3.05) is 11.5 Å². The van der Waals surface area contributed by atoms with Crippen molar-refractivity contribution in [3.8, 4) is 0 Å². The van der Waals surface area contributed by atoms with E-state index < -0.39 is 0 Å². The molecule has 1 rings (SSSR count). The highest BCUT2D eigenvalue weighted by Crippen LogP contribution is 2.22. The number of halogens is 1. The number of hydrogen-bond acceptors (Lipinski definition) is 2. The summed E-state index contributed by atoms with van der Waals surface area (Å²) in [6.07, 6.45) is 0. The maximum Gasteiger partial charge on any atom is 0.0325 e. The Kier molecular flexibility index (Phi) is 4.19. The largest absolute Gasteiger partial charge is 0.399 e. The summed E-state index contributed by atoms with van der Waals surface area (Å²) >= 11 is 7.28. The Balaban J connectivity index is 2.55. The number of hydrogen-bond donors (Lipinski definition) is 1. The maximum absolute atomic E-state index is 5.64. The average Bonchev–Trinajstić information content (AvgIpc) is 2.14. The zero-order chi connectivity index (χ0) is 9.68. The molecule has 0 saturated carbocycles. The van der Waals surface area contributed by atoms with Crippen LogP contribution < -0.4 is 5.73 Å². The van der Waals surface area contributed by atoms with Crippen LogP contribution in [0.5, 0.6) is 0 Å². The first-order valence-electron chi connectivity index (χ1n) is 3.96. The Labute approximate surface area is 88.0 Å². The van der Waals surface area contributed by atoms with Crippen LogP contribution in [0.2, 0.25) is 0 Å². The van der Waals surface area contributed by atoms with Gasteiger partial charge in [0, 0.05) is 21.9 Å². The van der Waals surface area contributed by atoms with Crippen LogP contribution in [0, 0.1) is 0 Å². The van der Waals surface area contributed by atoms with E-state index in [0.29, 0.717) is 0 Å². The Morgan fingerprint density at radius 1 is 1.62 bits per heavy atom. The lowest BCUT2D eigenvalue weighted by Gasteiger charge is -2.01. The second kappa shape index (κ2) is 5.20. The molecule has 0 aliphatic rings. The van der Waals surface area contributed by atoms with Gasteiger partial charge in [0.25, 0.3) is 0 Å². The van der Waals surface area contributed by atoms with E-state index >= 15 is 0 Å². The molecule has 0 atom stereocenters. The van der Waals surface area contributed by atoms with Crippen molar-refractivity contribution in [3.05, 3.63) is 35.4 Å². The normalized spacial score (nSPS) is 11.7. The fraction of sp³-hybridized carbons (Fsp3) is 0.200. The van der Waals surface area contributed by atoms with Crippen molar-refractivity contribution in [2.24, 2.45) is 0 Å². The molecule has 0 aliphatic carbocycles.